The molecule has 0 spiro atoms. The first-order chi connectivity index (χ1) is 21.2. The summed E-state index contributed by atoms with van der Waals surface area (Å²) in [5.41, 5.74) is 3.06. The van der Waals surface area contributed by atoms with E-state index in [0.717, 1.165) is 50.0 Å². The maximum atomic E-state index is 13.2. The molecule has 12 nitrogen and oxygen atoms in total. The highest BCUT2D eigenvalue weighted by Crippen LogP contribution is 2.26. The summed E-state index contributed by atoms with van der Waals surface area (Å²) in [7, 11) is 6.02. The zero-order valence-corrected chi connectivity index (χ0v) is 26.5. The lowest BCUT2D eigenvalue weighted by molar-refractivity contribution is -0.111. The van der Waals surface area contributed by atoms with Crippen LogP contribution < -0.4 is 15.4 Å². The Balaban J connectivity index is 1.19. The van der Waals surface area contributed by atoms with Crippen LogP contribution in [0.15, 0.2) is 42.6 Å². The number of nitrogens with zero attached hydrogens (tertiary/aromatic N) is 7. The molecule has 0 aliphatic carbocycles. The molecule has 3 aromatic rings. The minimum Gasteiger partial charge on any atom is -0.460 e. The van der Waals surface area contributed by atoms with Gasteiger partial charge in [0, 0.05) is 61.7 Å². The van der Waals surface area contributed by atoms with Crippen molar-refractivity contribution in [2.45, 2.75) is 57.6 Å². The van der Waals surface area contributed by atoms with Crippen LogP contribution in [0.3, 0.4) is 0 Å². The third-order valence-electron chi connectivity index (χ3n) is 8.19. The lowest BCUT2D eigenvalue weighted by Crippen LogP contribution is -2.42. The Bertz CT molecular complexity index is 1450. The van der Waals surface area contributed by atoms with Crippen molar-refractivity contribution in [3.8, 4) is 6.01 Å². The van der Waals surface area contributed by atoms with Crippen molar-refractivity contribution in [3.63, 3.8) is 0 Å². The van der Waals surface area contributed by atoms with Crippen LogP contribution in [-0.4, -0.2) is 112 Å². The van der Waals surface area contributed by atoms with Gasteiger partial charge in [0.25, 0.3) is 5.91 Å². The van der Waals surface area contributed by atoms with Crippen molar-refractivity contribution in [1.29, 1.82) is 0 Å². The zero-order chi connectivity index (χ0) is 31.2. The Morgan fingerprint density at radius 1 is 1.05 bits per heavy atom. The predicted molar refractivity (Wildman–Crippen MR) is 171 cm³/mol. The number of benzene rings is 1. The lowest BCUT2D eigenvalue weighted by Gasteiger charge is -2.33. The number of hydrogen-bond donors (Lipinski definition) is 2. The SMILES string of the molecule is CC(C)c1cnn2c(NC3CCN(C(=O)c4ccc(NC(=O)/C=C/CN(C)C)cc4)CC3)nc(OC3CCN(C)CC3)nc12. The van der Waals surface area contributed by atoms with Gasteiger partial charge in [0.2, 0.25) is 11.9 Å². The highest BCUT2D eigenvalue weighted by molar-refractivity contribution is 6.00. The molecule has 4 heterocycles. The van der Waals surface area contributed by atoms with Gasteiger partial charge in [-0.15, -0.1) is 0 Å². The highest BCUT2D eigenvalue weighted by Gasteiger charge is 2.26. The van der Waals surface area contributed by atoms with Crippen LogP contribution in [-0.2, 0) is 4.79 Å². The third-order valence-corrected chi connectivity index (χ3v) is 8.19. The third kappa shape index (κ3) is 7.92. The second kappa shape index (κ2) is 14.2. The largest absolute Gasteiger partial charge is 0.460 e. The topological polar surface area (TPSA) is 120 Å². The zero-order valence-electron chi connectivity index (χ0n) is 26.5. The van der Waals surface area contributed by atoms with Crippen molar-refractivity contribution in [3.05, 3.63) is 53.7 Å². The molecule has 2 aliphatic heterocycles. The van der Waals surface area contributed by atoms with E-state index >= 15 is 0 Å². The number of fused-ring (bicyclic) bond motifs is 1. The summed E-state index contributed by atoms with van der Waals surface area (Å²) in [4.78, 5) is 41.1. The molecule has 2 aromatic heterocycles. The molecule has 2 N–H and O–H groups in total. The van der Waals surface area contributed by atoms with E-state index in [2.05, 4.69) is 41.5 Å². The van der Waals surface area contributed by atoms with Gasteiger partial charge in [-0.05, 0) is 77.0 Å². The second-order valence-corrected chi connectivity index (χ2v) is 12.4. The summed E-state index contributed by atoms with van der Waals surface area (Å²) in [5.74, 6) is 0.663. The first-order valence-corrected chi connectivity index (χ1v) is 15.5. The van der Waals surface area contributed by atoms with Gasteiger partial charge in [-0.2, -0.15) is 19.6 Å². The molecule has 0 radical (unpaired) electrons. The number of rotatable bonds is 10. The lowest BCUT2D eigenvalue weighted by atomic mass is 10.0. The molecule has 2 amide bonds. The summed E-state index contributed by atoms with van der Waals surface area (Å²) in [6.07, 6.45) is 8.71. The normalized spacial score (nSPS) is 17.2. The van der Waals surface area contributed by atoms with Crippen molar-refractivity contribution in [1.82, 2.24) is 34.3 Å². The maximum Gasteiger partial charge on any atom is 0.322 e. The van der Waals surface area contributed by atoms with Crippen LogP contribution in [0.1, 0.15) is 61.4 Å². The molecule has 2 aliphatic rings. The van der Waals surface area contributed by atoms with Gasteiger partial charge in [-0.25, -0.2) is 0 Å². The molecule has 0 saturated carbocycles. The van der Waals surface area contributed by atoms with Crippen LogP contribution in [0.5, 0.6) is 6.01 Å². The van der Waals surface area contributed by atoms with Crippen LogP contribution in [0.4, 0.5) is 11.6 Å². The number of likely N-dealkylation sites (N-methyl/N-ethyl adjacent to an activating group) is 1. The first-order valence-electron chi connectivity index (χ1n) is 15.5. The minimum absolute atomic E-state index is 0.0147. The molecule has 236 valence electrons. The Kier molecular flexibility index (Phi) is 10.1. The molecule has 1 aromatic carbocycles. The molecule has 0 bridgehead atoms. The summed E-state index contributed by atoms with van der Waals surface area (Å²) in [5, 5.41) is 11.0. The Hall–Kier alpha value is -4.03. The van der Waals surface area contributed by atoms with Gasteiger partial charge in [-0.1, -0.05) is 19.9 Å². The number of carbonyl (C=O) groups is 2. The average Bonchev–Trinajstić information content (AvgIpc) is 3.43. The Morgan fingerprint density at radius 3 is 2.41 bits per heavy atom. The standard InChI is InChI=1S/C32H45N9O3/c1-22(2)27-21-33-41-29(27)36-32(44-26-14-17-39(5)18-15-26)37-31(41)35-25-12-19-40(20-13-25)30(43)23-8-10-24(11-9-23)34-28(42)7-6-16-38(3)4/h6-11,21-22,25-26H,12-20H2,1-5H3,(H,34,42)(H,35,36,37)/b7-6+. The van der Waals surface area contributed by atoms with Gasteiger partial charge >= 0.3 is 6.01 Å². The number of aromatic nitrogens is 4. The van der Waals surface area contributed by atoms with Gasteiger partial charge in [0.1, 0.15) is 6.10 Å². The second-order valence-electron chi connectivity index (χ2n) is 12.4. The van der Waals surface area contributed by atoms with Crippen LogP contribution in [0.25, 0.3) is 5.65 Å². The Morgan fingerprint density at radius 2 is 1.75 bits per heavy atom. The fourth-order valence-electron chi connectivity index (χ4n) is 5.52. The van der Waals surface area contributed by atoms with Crippen LogP contribution in [0, 0.1) is 0 Å². The number of anilines is 2. The van der Waals surface area contributed by atoms with Gasteiger partial charge in [0.05, 0.1) is 6.20 Å². The molecule has 0 unspecified atom stereocenters. The number of nitrogens with one attached hydrogen (secondary N) is 2. The van der Waals surface area contributed by atoms with E-state index in [1.54, 1.807) is 34.9 Å². The van der Waals surface area contributed by atoms with Crippen LogP contribution >= 0.6 is 0 Å². The monoisotopic (exact) mass is 603 g/mol. The quantitative estimate of drug-likeness (QED) is 0.336. The molecule has 2 saturated heterocycles. The van der Waals surface area contributed by atoms with E-state index in [1.165, 1.54) is 6.08 Å². The van der Waals surface area contributed by atoms with E-state index in [4.69, 9.17) is 14.7 Å². The number of likely N-dealkylation sites (tertiary alicyclic amines) is 2. The fraction of sp³-hybridized carbons (Fsp3) is 0.531. The van der Waals surface area contributed by atoms with E-state index in [0.29, 0.717) is 42.8 Å². The van der Waals surface area contributed by atoms with E-state index < -0.39 is 0 Å². The summed E-state index contributed by atoms with van der Waals surface area (Å²) >= 11 is 0. The van der Waals surface area contributed by atoms with E-state index in [9.17, 15) is 9.59 Å². The maximum absolute atomic E-state index is 13.2. The molecule has 2 fully saturated rings. The van der Waals surface area contributed by atoms with Gasteiger partial charge in [0.15, 0.2) is 5.65 Å². The molecular weight excluding hydrogens is 558 g/mol. The number of ether oxygens (including phenoxy) is 1. The van der Waals surface area contributed by atoms with Gasteiger partial charge in [-0.3, -0.25) is 9.59 Å². The number of carbonyl (C=O) groups excluding carboxylic acids is 2. The number of piperidine rings is 2. The number of amides is 2. The summed E-state index contributed by atoms with van der Waals surface area (Å²) < 4.78 is 8.06. The van der Waals surface area contributed by atoms with Crippen molar-refractivity contribution >= 4 is 29.1 Å². The predicted octanol–water partition coefficient (Wildman–Crippen LogP) is 3.49. The number of hydrogen-bond acceptors (Lipinski definition) is 9. The molecule has 12 heteroatoms. The Labute approximate surface area is 259 Å². The van der Waals surface area contributed by atoms with Crippen molar-refractivity contribution in [2.24, 2.45) is 0 Å². The first kappa shape index (κ1) is 31.4. The van der Waals surface area contributed by atoms with Crippen molar-refractivity contribution < 1.29 is 14.3 Å². The van der Waals surface area contributed by atoms with E-state index in [1.807, 2.05) is 30.1 Å². The average molecular weight is 604 g/mol. The highest BCUT2D eigenvalue weighted by atomic mass is 16.5. The van der Waals surface area contributed by atoms with E-state index in [-0.39, 0.29) is 29.9 Å². The van der Waals surface area contributed by atoms with Crippen molar-refractivity contribution in [2.75, 3.05) is 64.5 Å². The van der Waals surface area contributed by atoms with Crippen LogP contribution in [0.2, 0.25) is 0 Å². The molecular formula is C32H45N9O3. The smallest absolute Gasteiger partial charge is 0.322 e. The molecule has 0 atom stereocenters. The minimum atomic E-state index is -0.197. The summed E-state index contributed by atoms with van der Waals surface area (Å²) in [6, 6.07) is 7.56. The summed E-state index contributed by atoms with van der Waals surface area (Å²) in [6.45, 7) is 8.18. The van der Waals surface area contributed by atoms with Gasteiger partial charge < -0.3 is 30.1 Å². The fourth-order valence-corrected chi connectivity index (χ4v) is 5.52. The molecule has 44 heavy (non-hydrogen) atoms. The molecule has 5 rings (SSSR count).